The summed E-state index contributed by atoms with van der Waals surface area (Å²) in [7, 11) is 0. The summed E-state index contributed by atoms with van der Waals surface area (Å²) >= 11 is 0. The lowest BCUT2D eigenvalue weighted by Crippen LogP contribution is -2.02. The average molecular weight is 235 g/mol. The van der Waals surface area contributed by atoms with Gasteiger partial charge in [-0.25, -0.2) is 0 Å². The van der Waals surface area contributed by atoms with Crippen molar-refractivity contribution in [3.8, 4) is 22.6 Å². The number of aromatic hydroxyl groups is 1. The maximum absolute atomic E-state index is 12.2. The van der Waals surface area contributed by atoms with Crippen molar-refractivity contribution < 1.29 is 18.6 Å². The molecule has 0 bridgehead atoms. The predicted octanol–water partition coefficient (Wildman–Crippen LogP) is 3.46. The number of alkyl halides is 2. The molecule has 2 nitrogen and oxygen atoms in total. The number of halogens is 2. The molecule has 0 atom stereocenters. The van der Waals surface area contributed by atoms with Gasteiger partial charge in [-0.1, -0.05) is 24.3 Å². The second-order valence-corrected chi connectivity index (χ2v) is 3.32. The molecule has 0 aliphatic rings. The first-order chi connectivity index (χ1) is 8.18. The van der Waals surface area contributed by atoms with Crippen LogP contribution in [-0.4, -0.2) is 11.7 Å². The van der Waals surface area contributed by atoms with E-state index in [0.717, 1.165) is 0 Å². The standard InChI is InChI=1S/C13H9F2O2/c14-13(15)17-12-8-4-2-6-10(12)9-5-1-3-7-11(9)16/h1-2,4-8,13,16H. The maximum Gasteiger partial charge on any atom is 0.387 e. The molecule has 0 heterocycles. The molecule has 0 aromatic heterocycles. The highest BCUT2D eigenvalue weighted by molar-refractivity contribution is 5.75. The number of para-hydroxylation sites is 1. The van der Waals surface area contributed by atoms with Gasteiger partial charge in [0.05, 0.1) is 0 Å². The summed E-state index contributed by atoms with van der Waals surface area (Å²) in [6.45, 7) is -2.89. The number of phenolic OH excluding ortho intramolecular Hbond substituents is 1. The summed E-state index contributed by atoms with van der Waals surface area (Å²) in [5, 5.41) is 9.65. The second kappa shape index (κ2) is 4.82. The zero-order valence-corrected chi connectivity index (χ0v) is 8.73. The van der Waals surface area contributed by atoms with Crippen LogP contribution in [0.25, 0.3) is 11.1 Å². The second-order valence-electron chi connectivity index (χ2n) is 3.32. The van der Waals surface area contributed by atoms with Gasteiger partial charge in [-0.05, 0) is 24.3 Å². The Labute approximate surface area is 97.1 Å². The van der Waals surface area contributed by atoms with Crippen molar-refractivity contribution in [1.29, 1.82) is 0 Å². The maximum atomic E-state index is 12.2. The fourth-order valence-corrected chi connectivity index (χ4v) is 1.54. The Kier molecular flexibility index (Phi) is 3.23. The molecular formula is C13H9F2O2. The van der Waals surface area contributed by atoms with E-state index >= 15 is 0 Å². The molecule has 0 saturated heterocycles. The molecule has 4 heteroatoms. The Morgan fingerprint density at radius 3 is 2.59 bits per heavy atom. The van der Waals surface area contributed by atoms with Gasteiger partial charge in [0.2, 0.25) is 0 Å². The van der Waals surface area contributed by atoms with Crippen LogP contribution in [0.5, 0.6) is 11.5 Å². The SMILES string of the molecule is Oc1c[c]ccc1-c1ccccc1OC(F)F. The molecule has 0 saturated carbocycles. The highest BCUT2D eigenvalue weighted by atomic mass is 19.3. The van der Waals surface area contributed by atoms with Crippen LogP contribution in [0, 0.1) is 6.07 Å². The number of benzene rings is 2. The molecule has 0 fully saturated rings. The van der Waals surface area contributed by atoms with E-state index in [-0.39, 0.29) is 11.5 Å². The highest BCUT2D eigenvalue weighted by Crippen LogP contribution is 2.35. The van der Waals surface area contributed by atoms with E-state index in [2.05, 4.69) is 10.8 Å². The molecule has 17 heavy (non-hydrogen) atoms. The van der Waals surface area contributed by atoms with Gasteiger partial charge in [-0.3, -0.25) is 0 Å². The van der Waals surface area contributed by atoms with Crippen molar-refractivity contribution in [3.05, 3.63) is 48.5 Å². The Bertz CT molecular complexity index is 512. The average Bonchev–Trinajstić information content (AvgIpc) is 2.30. The molecule has 0 aliphatic carbocycles. The fourth-order valence-electron chi connectivity index (χ4n) is 1.54. The van der Waals surface area contributed by atoms with Gasteiger partial charge in [0, 0.05) is 11.1 Å². The van der Waals surface area contributed by atoms with Gasteiger partial charge < -0.3 is 9.84 Å². The van der Waals surface area contributed by atoms with Crippen LogP contribution in [0.2, 0.25) is 0 Å². The van der Waals surface area contributed by atoms with Crippen LogP contribution in [0.4, 0.5) is 8.78 Å². The largest absolute Gasteiger partial charge is 0.507 e. The molecule has 0 aliphatic heterocycles. The summed E-state index contributed by atoms with van der Waals surface area (Å²) in [6, 6.07) is 13.5. The number of phenols is 1. The zero-order chi connectivity index (χ0) is 12.3. The molecule has 2 rings (SSSR count). The monoisotopic (exact) mass is 235 g/mol. The van der Waals surface area contributed by atoms with Crippen molar-refractivity contribution in [2.45, 2.75) is 6.61 Å². The molecule has 0 unspecified atom stereocenters. The topological polar surface area (TPSA) is 29.5 Å². The van der Waals surface area contributed by atoms with E-state index in [1.807, 2.05) is 0 Å². The lowest BCUT2D eigenvalue weighted by Gasteiger charge is -2.11. The van der Waals surface area contributed by atoms with Crippen LogP contribution in [0.1, 0.15) is 0 Å². The summed E-state index contributed by atoms with van der Waals surface area (Å²) < 4.78 is 28.9. The van der Waals surface area contributed by atoms with Crippen LogP contribution >= 0.6 is 0 Å². The first-order valence-electron chi connectivity index (χ1n) is 4.92. The van der Waals surface area contributed by atoms with Gasteiger partial charge in [-0.15, -0.1) is 0 Å². The van der Waals surface area contributed by atoms with Gasteiger partial charge >= 0.3 is 6.61 Å². The van der Waals surface area contributed by atoms with E-state index in [9.17, 15) is 13.9 Å². The number of rotatable bonds is 3. The Morgan fingerprint density at radius 1 is 1.12 bits per heavy atom. The zero-order valence-electron chi connectivity index (χ0n) is 8.73. The van der Waals surface area contributed by atoms with E-state index in [0.29, 0.717) is 11.1 Å². The minimum Gasteiger partial charge on any atom is -0.507 e. The minimum atomic E-state index is -2.89. The molecule has 2 aromatic carbocycles. The predicted molar refractivity (Wildman–Crippen MR) is 59.0 cm³/mol. The molecular weight excluding hydrogens is 226 g/mol. The summed E-state index contributed by atoms with van der Waals surface area (Å²) in [6.07, 6.45) is 0. The van der Waals surface area contributed by atoms with Gasteiger partial charge in [0.1, 0.15) is 11.5 Å². The van der Waals surface area contributed by atoms with E-state index in [1.165, 1.54) is 12.1 Å². The van der Waals surface area contributed by atoms with E-state index in [1.54, 1.807) is 30.3 Å². The fraction of sp³-hybridized carbons (Fsp3) is 0.0769. The lowest BCUT2D eigenvalue weighted by atomic mass is 10.0. The van der Waals surface area contributed by atoms with Crippen molar-refractivity contribution >= 4 is 0 Å². The van der Waals surface area contributed by atoms with Crippen LogP contribution < -0.4 is 4.74 Å². The number of hydrogen-bond donors (Lipinski definition) is 1. The molecule has 2 aromatic rings. The van der Waals surface area contributed by atoms with Crippen molar-refractivity contribution in [3.63, 3.8) is 0 Å². The van der Waals surface area contributed by atoms with Crippen molar-refractivity contribution in [2.24, 2.45) is 0 Å². The summed E-state index contributed by atoms with van der Waals surface area (Å²) in [5.41, 5.74) is 0.847. The van der Waals surface area contributed by atoms with Gasteiger partial charge in [0.25, 0.3) is 0 Å². The van der Waals surface area contributed by atoms with Crippen LogP contribution in [0.3, 0.4) is 0 Å². The smallest absolute Gasteiger partial charge is 0.387 e. The Morgan fingerprint density at radius 2 is 1.88 bits per heavy atom. The third kappa shape index (κ3) is 2.53. The third-order valence-corrected chi connectivity index (χ3v) is 2.24. The molecule has 1 radical (unpaired) electrons. The highest BCUT2D eigenvalue weighted by Gasteiger charge is 2.12. The Balaban J connectivity index is 2.48. The number of ether oxygens (including phenoxy) is 1. The Hall–Kier alpha value is -2.10. The number of hydrogen-bond acceptors (Lipinski definition) is 2. The molecule has 0 amide bonds. The quantitative estimate of drug-likeness (QED) is 0.882. The first-order valence-corrected chi connectivity index (χ1v) is 4.92. The summed E-state index contributed by atoms with van der Waals surface area (Å²) in [4.78, 5) is 0. The normalized spacial score (nSPS) is 10.5. The van der Waals surface area contributed by atoms with Crippen LogP contribution in [-0.2, 0) is 0 Å². The van der Waals surface area contributed by atoms with Gasteiger partial charge in [-0.2, -0.15) is 8.78 Å². The van der Waals surface area contributed by atoms with E-state index in [4.69, 9.17) is 0 Å². The van der Waals surface area contributed by atoms with Gasteiger partial charge in [0.15, 0.2) is 0 Å². The molecule has 0 spiro atoms. The van der Waals surface area contributed by atoms with Crippen molar-refractivity contribution in [1.82, 2.24) is 0 Å². The molecule has 87 valence electrons. The third-order valence-electron chi connectivity index (χ3n) is 2.24. The lowest BCUT2D eigenvalue weighted by molar-refractivity contribution is -0.0494. The first kappa shape index (κ1) is 11.4. The van der Waals surface area contributed by atoms with Crippen LogP contribution in [0.15, 0.2) is 42.5 Å². The minimum absolute atomic E-state index is 0.0298. The summed E-state index contributed by atoms with van der Waals surface area (Å²) in [5.74, 6) is 0.00168. The molecule has 1 N–H and O–H groups in total. The van der Waals surface area contributed by atoms with Crippen molar-refractivity contribution in [2.75, 3.05) is 0 Å². The van der Waals surface area contributed by atoms with E-state index < -0.39 is 6.61 Å².